The van der Waals surface area contributed by atoms with Gasteiger partial charge in [0, 0.05) is 11.3 Å². The van der Waals surface area contributed by atoms with Gasteiger partial charge in [0.25, 0.3) is 0 Å². The summed E-state index contributed by atoms with van der Waals surface area (Å²) in [5.41, 5.74) is 0. The summed E-state index contributed by atoms with van der Waals surface area (Å²) in [5.74, 6) is 0. The van der Waals surface area contributed by atoms with E-state index in [0.29, 0.717) is 6.42 Å². The van der Waals surface area contributed by atoms with Crippen molar-refractivity contribution in [3.05, 3.63) is 10.1 Å². The molecule has 0 unspecified atom stereocenters. The molecular weight excluding hydrogens is 210 g/mol. The summed E-state index contributed by atoms with van der Waals surface area (Å²) < 4.78 is 5.89. The van der Waals surface area contributed by atoms with Crippen molar-refractivity contribution in [2.75, 3.05) is 0 Å². The summed E-state index contributed by atoms with van der Waals surface area (Å²) in [6, 6.07) is -0.545. The van der Waals surface area contributed by atoms with Crippen LogP contribution in [-0.4, -0.2) is 25.4 Å². The number of rotatable bonds is 7. The van der Waals surface area contributed by atoms with Gasteiger partial charge >= 0.3 is 0 Å². The van der Waals surface area contributed by atoms with Gasteiger partial charge in [-0.25, -0.2) is 0 Å². The molecule has 0 heterocycles. The van der Waals surface area contributed by atoms with Crippen molar-refractivity contribution in [2.45, 2.75) is 64.9 Å². The second kappa shape index (κ2) is 6.22. The third-order valence-electron chi connectivity index (χ3n) is 2.20. The van der Waals surface area contributed by atoms with E-state index in [2.05, 4.69) is 19.6 Å². The van der Waals surface area contributed by atoms with Crippen LogP contribution < -0.4 is 0 Å². The largest absolute Gasteiger partial charge is 0.408 e. The Kier molecular flexibility index (Phi) is 6.05. The Morgan fingerprint density at radius 1 is 1.33 bits per heavy atom. The molecule has 0 saturated heterocycles. The maximum Gasteiger partial charge on any atom is 0.237 e. The minimum atomic E-state index is -1.69. The van der Waals surface area contributed by atoms with Crippen LogP contribution in [0, 0.1) is 10.1 Å². The highest BCUT2D eigenvalue weighted by atomic mass is 28.4. The SMILES string of the molecule is CCC[C@@H](O[Si](C)(C)C)[C@@H](CC)[N+](=O)[O-]. The molecule has 0 amide bonds. The van der Waals surface area contributed by atoms with Gasteiger partial charge in [-0.05, 0) is 26.1 Å². The van der Waals surface area contributed by atoms with Crippen LogP contribution in [0.1, 0.15) is 33.1 Å². The molecule has 0 aromatic heterocycles. The first kappa shape index (κ1) is 14.6. The molecule has 2 atom stereocenters. The predicted octanol–water partition coefficient (Wildman–Crippen LogP) is 3.06. The first-order valence-electron chi connectivity index (χ1n) is 5.63. The fourth-order valence-electron chi connectivity index (χ4n) is 1.62. The van der Waals surface area contributed by atoms with E-state index in [0.717, 1.165) is 12.8 Å². The van der Waals surface area contributed by atoms with Crippen LogP contribution >= 0.6 is 0 Å². The Morgan fingerprint density at radius 2 is 1.87 bits per heavy atom. The summed E-state index contributed by atoms with van der Waals surface area (Å²) in [4.78, 5) is 10.7. The van der Waals surface area contributed by atoms with Gasteiger partial charge in [0.1, 0.15) is 6.10 Å². The summed E-state index contributed by atoms with van der Waals surface area (Å²) in [5, 5.41) is 10.9. The summed E-state index contributed by atoms with van der Waals surface area (Å²) in [6.45, 7) is 10.1. The van der Waals surface area contributed by atoms with Crippen molar-refractivity contribution in [1.29, 1.82) is 0 Å². The molecule has 0 bridgehead atoms. The van der Waals surface area contributed by atoms with Gasteiger partial charge in [-0.1, -0.05) is 20.3 Å². The maximum atomic E-state index is 10.9. The zero-order chi connectivity index (χ0) is 12.1. The molecule has 0 fully saturated rings. The molecule has 0 saturated carbocycles. The van der Waals surface area contributed by atoms with Gasteiger partial charge in [-0.3, -0.25) is 10.1 Å². The number of hydrogen-bond acceptors (Lipinski definition) is 3. The minimum Gasteiger partial charge on any atom is -0.408 e. The predicted molar refractivity (Wildman–Crippen MR) is 64.2 cm³/mol. The topological polar surface area (TPSA) is 52.4 Å². The second-order valence-corrected chi connectivity index (χ2v) is 9.28. The molecule has 90 valence electrons. The lowest BCUT2D eigenvalue weighted by atomic mass is 10.1. The summed E-state index contributed by atoms with van der Waals surface area (Å²) in [7, 11) is -1.69. The van der Waals surface area contributed by atoms with Gasteiger partial charge in [0.15, 0.2) is 8.32 Å². The fraction of sp³-hybridized carbons (Fsp3) is 1.00. The quantitative estimate of drug-likeness (QED) is 0.386. The molecule has 0 aromatic carbocycles. The first-order valence-corrected chi connectivity index (χ1v) is 9.04. The minimum absolute atomic E-state index is 0.194. The average molecular weight is 233 g/mol. The molecule has 0 aromatic rings. The van der Waals surface area contributed by atoms with Crippen LogP contribution in [-0.2, 0) is 4.43 Å². The third-order valence-corrected chi connectivity index (χ3v) is 3.21. The second-order valence-electron chi connectivity index (χ2n) is 4.82. The number of hydrogen-bond donors (Lipinski definition) is 0. The van der Waals surface area contributed by atoms with Gasteiger partial charge in [-0.2, -0.15) is 0 Å². The summed E-state index contributed by atoms with van der Waals surface area (Å²) in [6.07, 6.45) is 2.05. The lowest BCUT2D eigenvalue weighted by Gasteiger charge is -2.27. The molecule has 5 heteroatoms. The molecule has 4 nitrogen and oxygen atoms in total. The molecule has 15 heavy (non-hydrogen) atoms. The fourth-order valence-corrected chi connectivity index (χ4v) is 2.80. The number of nitrogens with zero attached hydrogens (tertiary/aromatic N) is 1. The van der Waals surface area contributed by atoms with Crippen molar-refractivity contribution >= 4 is 8.32 Å². The normalized spacial score (nSPS) is 16.1. The van der Waals surface area contributed by atoms with E-state index in [-0.39, 0.29) is 11.0 Å². The summed E-state index contributed by atoms with van der Waals surface area (Å²) >= 11 is 0. The lowest BCUT2D eigenvalue weighted by Crippen LogP contribution is -2.42. The van der Waals surface area contributed by atoms with Gasteiger partial charge in [0.05, 0.1) is 0 Å². The van der Waals surface area contributed by atoms with Crippen molar-refractivity contribution in [2.24, 2.45) is 0 Å². The smallest absolute Gasteiger partial charge is 0.237 e. The molecular formula is C10H23NO3Si. The van der Waals surface area contributed by atoms with Crippen LogP contribution in [0.15, 0.2) is 0 Å². The van der Waals surface area contributed by atoms with E-state index >= 15 is 0 Å². The highest BCUT2D eigenvalue weighted by molar-refractivity contribution is 6.69. The highest BCUT2D eigenvalue weighted by Gasteiger charge is 2.33. The molecule has 0 spiro atoms. The highest BCUT2D eigenvalue weighted by Crippen LogP contribution is 2.18. The third kappa shape index (κ3) is 5.89. The average Bonchev–Trinajstić information content (AvgIpc) is 2.01. The molecule has 0 aliphatic carbocycles. The standard InChI is InChI=1S/C10H23NO3Si/c1-6-8-10(14-15(3,4)5)9(7-2)11(12)13/h9-10H,6-8H2,1-5H3/t9-,10-/m1/s1. The van der Waals surface area contributed by atoms with E-state index in [1.807, 2.05) is 13.8 Å². The van der Waals surface area contributed by atoms with Gasteiger partial charge in [0.2, 0.25) is 6.04 Å². The van der Waals surface area contributed by atoms with E-state index in [4.69, 9.17) is 4.43 Å². The van der Waals surface area contributed by atoms with E-state index < -0.39 is 14.4 Å². The number of nitro groups is 1. The molecule has 0 aliphatic rings. The molecule has 0 radical (unpaired) electrons. The van der Waals surface area contributed by atoms with Crippen LogP contribution in [0.3, 0.4) is 0 Å². The zero-order valence-electron chi connectivity index (χ0n) is 10.4. The Balaban J connectivity index is 4.55. The Bertz CT molecular complexity index is 203. The monoisotopic (exact) mass is 233 g/mol. The van der Waals surface area contributed by atoms with E-state index in [1.54, 1.807) is 0 Å². The Hall–Kier alpha value is -0.423. The Morgan fingerprint density at radius 3 is 2.13 bits per heavy atom. The Labute approximate surface area is 93.3 Å². The van der Waals surface area contributed by atoms with Crippen LogP contribution in [0.25, 0.3) is 0 Å². The van der Waals surface area contributed by atoms with Crippen LogP contribution in [0.2, 0.25) is 19.6 Å². The van der Waals surface area contributed by atoms with E-state index in [9.17, 15) is 10.1 Å². The van der Waals surface area contributed by atoms with Gasteiger partial charge in [-0.15, -0.1) is 0 Å². The van der Waals surface area contributed by atoms with Crippen molar-refractivity contribution < 1.29 is 9.35 Å². The van der Waals surface area contributed by atoms with Crippen molar-refractivity contribution in [1.82, 2.24) is 0 Å². The molecule has 0 N–H and O–H groups in total. The van der Waals surface area contributed by atoms with Crippen molar-refractivity contribution in [3.8, 4) is 0 Å². The van der Waals surface area contributed by atoms with E-state index in [1.165, 1.54) is 0 Å². The molecule has 0 rings (SSSR count). The zero-order valence-corrected chi connectivity index (χ0v) is 11.4. The lowest BCUT2D eigenvalue weighted by molar-refractivity contribution is -0.533. The van der Waals surface area contributed by atoms with Crippen LogP contribution in [0.5, 0.6) is 0 Å². The van der Waals surface area contributed by atoms with Crippen molar-refractivity contribution in [3.63, 3.8) is 0 Å². The van der Waals surface area contributed by atoms with Crippen LogP contribution in [0.4, 0.5) is 0 Å². The van der Waals surface area contributed by atoms with Gasteiger partial charge < -0.3 is 4.43 Å². The maximum absolute atomic E-state index is 10.9. The molecule has 0 aliphatic heterocycles. The first-order chi connectivity index (χ1) is 6.81.